The van der Waals surface area contributed by atoms with E-state index in [1.165, 1.54) is 16.9 Å². The van der Waals surface area contributed by atoms with Crippen molar-refractivity contribution in [3.63, 3.8) is 0 Å². The molecule has 0 aliphatic carbocycles. The number of rotatable bonds is 4. The highest BCUT2D eigenvalue weighted by Crippen LogP contribution is 2.27. The molecule has 2 amide bonds. The van der Waals surface area contributed by atoms with Crippen LogP contribution in [0.15, 0.2) is 23.6 Å². The minimum absolute atomic E-state index is 0.0723. The highest BCUT2D eigenvalue weighted by Gasteiger charge is 2.26. The summed E-state index contributed by atoms with van der Waals surface area (Å²) in [5, 5.41) is 2.60. The maximum Gasteiger partial charge on any atom is 0.228 e. The monoisotopic (exact) mass is 371 g/mol. The number of aromatic nitrogens is 1. The normalized spacial score (nSPS) is 16.7. The first-order valence-electron chi connectivity index (χ1n) is 8.82. The Morgan fingerprint density at radius 2 is 2.15 bits per heavy atom. The standard InChI is InChI=1S/C19H21N3O3S/c1-25-16-5-4-13-6-8-21(11-14(13)9-16)18(24)10-15-12-26-19(20-15)22-7-2-3-17(22)23/h4-5,9,12H,2-3,6-8,10-11H2,1H3. The van der Waals surface area contributed by atoms with E-state index < -0.39 is 0 Å². The Labute approximate surface area is 156 Å². The van der Waals surface area contributed by atoms with Crippen molar-refractivity contribution < 1.29 is 14.3 Å². The average Bonchev–Trinajstić information content (AvgIpc) is 3.29. The van der Waals surface area contributed by atoms with Gasteiger partial charge in [-0.25, -0.2) is 4.98 Å². The fourth-order valence-corrected chi connectivity index (χ4v) is 4.36. The lowest BCUT2D eigenvalue weighted by molar-refractivity contribution is -0.131. The molecule has 0 bridgehead atoms. The Morgan fingerprint density at radius 3 is 2.92 bits per heavy atom. The Hall–Kier alpha value is -2.41. The number of ether oxygens (including phenoxy) is 1. The van der Waals surface area contributed by atoms with Gasteiger partial charge in [-0.15, -0.1) is 11.3 Å². The summed E-state index contributed by atoms with van der Waals surface area (Å²) in [5.74, 6) is 1.01. The summed E-state index contributed by atoms with van der Waals surface area (Å²) in [4.78, 5) is 32.6. The van der Waals surface area contributed by atoms with Gasteiger partial charge in [0.1, 0.15) is 5.75 Å². The predicted octanol–water partition coefficient (Wildman–Crippen LogP) is 2.41. The largest absolute Gasteiger partial charge is 0.497 e. The molecule has 0 unspecified atom stereocenters. The van der Waals surface area contributed by atoms with Crippen molar-refractivity contribution in [2.24, 2.45) is 0 Å². The Morgan fingerprint density at radius 1 is 1.27 bits per heavy atom. The smallest absolute Gasteiger partial charge is 0.228 e. The molecule has 4 rings (SSSR count). The molecular weight excluding hydrogens is 350 g/mol. The van der Waals surface area contributed by atoms with Gasteiger partial charge in [-0.2, -0.15) is 0 Å². The maximum absolute atomic E-state index is 12.7. The molecule has 0 N–H and O–H groups in total. The van der Waals surface area contributed by atoms with Crippen LogP contribution in [0, 0.1) is 0 Å². The van der Waals surface area contributed by atoms with E-state index in [2.05, 4.69) is 11.1 Å². The molecule has 136 valence electrons. The minimum atomic E-state index is 0.0723. The second-order valence-electron chi connectivity index (χ2n) is 6.65. The summed E-state index contributed by atoms with van der Waals surface area (Å²) < 4.78 is 5.29. The SMILES string of the molecule is COc1ccc2c(c1)CN(C(=O)Cc1csc(N3CCCC3=O)n1)CC2. The number of methoxy groups -OCH3 is 1. The molecule has 0 spiro atoms. The van der Waals surface area contributed by atoms with Crippen LogP contribution in [0.2, 0.25) is 0 Å². The molecule has 1 aromatic heterocycles. The van der Waals surface area contributed by atoms with Gasteiger partial charge in [0.2, 0.25) is 11.8 Å². The minimum Gasteiger partial charge on any atom is -0.497 e. The van der Waals surface area contributed by atoms with E-state index in [-0.39, 0.29) is 18.2 Å². The third-order valence-corrected chi connectivity index (χ3v) is 5.87. The molecule has 1 saturated heterocycles. The molecule has 2 aromatic rings. The summed E-state index contributed by atoms with van der Waals surface area (Å²) >= 11 is 1.44. The molecule has 0 saturated carbocycles. The fraction of sp³-hybridized carbons (Fsp3) is 0.421. The Balaban J connectivity index is 1.42. The Bertz CT molecular complexity index is 848. The topological polar surface area (TPSA) is 62.7 Å². The summed E-state index contributed by atoms with van der Waals surface area (Å²) in [5.41, 5.74) is 3.16. The molecule has 0 radical (unpaired) electrons. The molecule has 2 aliphatic rings. The quantitative estimate of drug-likeness (QED) is 0.828. The third kappa shape index (κ3) is 3.31. The lowest BCUT2D eigenvalue weighted by Crippen LogP contribution is -2.37. The summed E-state index contributed by atoms with van der Waals surface area (Å²) in [6, 6.07) is 6.05. The summed E-state index contributed by atoms with van der Waals surface area (Å²) in [6.45, 7) is 2.05. The summed E-state index contributed by atoms with van der Waals surface area (Å²) in [6.07, 6.45) is 2.60. The van der Waals surface area contributed by atoms with Crippen LogP contribution in [-0.2, 0) is 29.0 Å². The molecule has 26 heavy (non-hydrogen) atoms. The first kappa shape index (κ1) is 17.0. The first-order valence-corrected chi connectivity index (χ1v) is 9.70. The van der Waals surface area contributed by atoms with Gasteiger partial charge in [-0.05, 0) is 36.1 Å². The van der Waals surface area contributed by atoms with E-state index in [1.807, 2.05) is 22.4 Å². The van der Waals surface area contributed by atoms with Gasteiger partial charge in [0.15, 0.2) is 5.13 Å². The summed E-state index contributed by atoms with van der Waals surface area (Å²) in [7, 11) is 1.65. The number of carbonyl (C=O) groups excluding carboxylic acids is 2. The number of carbonyl (C=O) groups is 2. The first-order chi connectivity index (χ1) is 12.6. The highest BCUT2D eigenvalue weighted by molar-refractivity contribution is 7.14. The van der Waals surface area contributed by atoms with Crippen molar-refractivity contribution in [1.82, 2.24) is 9.88 Å². The van der Waals surface area contributed by atoms with Crippen molar-refractivity contribution in [3.05, 3.63) is 40.4 Å². The second kappa shape index (κ2) is 7.07. The number of hydrogen-bond donors (Lipinski definition) is 0. The molecule has 2 aliphatic heterocycles. The van der Waals surface area contributed by atoms with Gasteiger partial charge in [0.05, 0.1) is 19.2 Å². The van der Waals surface area contributed by atoms with Gasteiger partial charge in [0.25, 0.3) is 0 Å². The van der Waals surface area contributed by atoms with Crippen molar-refractivity contribution in [2.75, 3.05) is 25.1 Å². The van der Waals surface area contributed by atoms with Gasteiger partial charge < -0.3 is 9.64 Å². The lowest BCUT2D eigenvalue weighted by Gasteiger charge is -2.29. The average molecular weight is 371 g/mol. The van der Waals surface area contributed by atoms with Crippen molar-refractivity contribution >= 4 is 28.3 Å². The van der Waals surface area contributed by atoms with Gasteiger partial charge >= 0.3 is 0 Å². The lowest BCUT2D eigenvalue weighted by atomic mass is 9.99. The van der Waals surface area contributed by atoms with Crippen LogP contribution in [0.5, 0.6) is 5.75 Å². The number of thiazole rings is 1. The van der Waals surface area contributed by atoms with E-state index in [9.17, 15) is 9.59 Å². The molecule has 1 fully saturated rings. The van der Waals surface area contributed by atoms with Crippen LogP contribution in [0.3, 0.4) is 0 Å². The van der Waals surface area contributed by atoms with Crippen LogP contribution in [0.4, 0.5) is 5.13 Å². The third-order valence-electron chi connectivity index (χ3n) is 4.95. The van der Waals surface area contributed by atoms with Crippen LogP contribution in [0.1, 0.15) is 29.7 Å². The van der Waals surface area contributed by atoms with Gasteiger partial charge in [0, 0.05) is 31.4 Å². The van der Waals surface area contributed by atoms with Crippen LogP contribution < -0.4 is 9.64 Å². The van der Waals surface area contributed by atoms with Crippen LogP contribution >= 0.6 is 11.3 Å². The fourth-order valence-electron chi connectivity index (χ4n) is 3.49. The molecule has 6 nitrogen and oxygen atoms in total. The zero-order valence-corrected chi connectivity index (χ0v) is 15.6. The van der Waals surface area contributed by atoms with Crippen LogP contribution in [0.25, 0.3) is 0 Å². The predicted molar refractivity (Wildman–Crippen MR) is 99.5 cm³/mol. The van der Waals surface area contributed by atoms with E-state index in [0.29, 0.717) is 18.1 Å². The zero-order chi connectivity index (χ0) is 18.1. The van der Waals surface area contributed by atoms with Crippen LogP contribution in [-0.4, -0.2) is 41.9 Å². The number of nitrogens with zero attached hydrogens (tertiary/aromatic N) is 3. The number of benzene rings is 1. The molecular formula is C19H21N3O3S. The maximum atomic E-state index is 12.7. The van der Waals surface area contributed by atoms with Gasteiger partial charge in [-0.3, -0.25) is 14.5 Å². The molecule has 3 heterocycles. The zero-order valence-electron chi connectivity index (χ0n) is 14.7. The van der Waals surface area contributed by atoms with Crippen molar-refractivity contribution in [2.45, 2.75) is 32.2 Å². The van der Waals surface area contributed by atoms with Gasteiger partial charge in [-0.1, -0.05) is 6.07 Å². The number of fused-ring (bicyclic) bond motifs is 1. The van der Waals surface area contributed by atoms with Crippen molar-refractivity contribution in [1.29, 1.82) is 0 Å². The van der Waals surface area contributed by atoms with E-state index in [1.54, 1.807) is 12.0 Å². The molecule has 7 heteroatoms. The highest BCUT2D eigenvalue weighted by atomic mass is 32.1. The Kier molecular flexibility index (Phi) is 4.63. The number of hydrogen-bond acceptors (Lipinski definition) is 5. The molecule has 1 aromatic carbocycles. The van der Waals surface area contributed by atoms with E-state index in [4.69, 9.17) is 4.74 Å². The second-order valence-corrected chi connectivity index (χ2v) is 7.48. The van der Waals surface area contributed by atoms with Crippen molar-refractivity contribution in [3.8, 4) is 5.75 Å². The number of anilines is 1. The van der Waals surface area contributed by atoms with E-state index >= 15 is 0 Å². The molecule has 0 atom stereocenters. The van der Waals surface area contributed by atoms with E-state index in [0.717, 1.165) is 42.9 Å². The number of amides is 2.